The molecule has 94 valence electrons. The van der Waals surface area contributed by atoms with E-state index in [0.29, 0.717) is 0 Å². The smallest absolute Gasteiger partial charge is 0.216 e. The average Bonchev–Trinajstić information content (AvgIpc) is 2.25. The molecule has 1 aromatic rings. The van der Waals surface area contributed by atoms with E-state index in [0.717, 1.165) is 5.56 Å². The first-order valence-corrected chi connectivity index (χ1v) is 5.83. The number of hydrogen-bond donors (Lipinski definition) is 2. The molecule has 0 radical (unpaired) electrons. The third-order valence-corrected chi connectivity index (χ3v) is 2.71. The SMILES string of the molecule is CC(=O)NCC(O)c1ccc(C(C)(C)C)cc1. The molecule has 0 aromatic heterocycles. The van der Waals surface area contributed by atoms with E-state index in [-0.39, 0.29) is 17.9 Å². The highest BCUT2D eigenvalue weighted by molar-refractivity contribution is 5.72. The normalized spacial score (nSPS) is 13.2. The van der Waals surface area contributed by atoms with Crippen LogP contribution in [0.15, 0.2) is 24.3 Å². The number of rotatable bonds is 3. The molecule has 0 spiro atoms. The van der Waals surface area contributed by atoms with Crippen molar-refractivity contribution in [1.82, 2.24) is 5.32 Å². The van der Waals surface area contributed by atoms with E-state index in [1.165, 1.54) is 12.5 Å². The van der Waals surface area contributed by atoms with Gasteiger partial charge >= 0.3 is 0 Å². The molecule has 1 amide bonds. The Morgan fingerprint density at radius 2 is 1.82 bits per heavy atom. The van der Waals surface area contributed by atoms with Crippen LogP contribution in [0.5, 0.6) is 0 Å². The van der Waals surface area contributed by atoms with Crippen molar-refractivity contribution in [2.75, 3.05) is 6.54 Å². The largest absolute Gasteiger partial charge is 0.387 e. The Morgan fingerprint density at radius 1 is 1.29 bits per heavy atom. The maximum absolute atomic E-state index is 10.7. The average molecular weight is 235 g/mol. The Morgan fingerprint density at radius 3 is 2.24 bits per heavy atom. The molecule has 0 aliphatic heterocycles. The van der Waals surface area contributed by atoms with Gasteiger partial charge in [-0.15, -0.1) is 0 Å². The van der Waals surface area contributed by atoms with Crippen LogP contribution in [0.25, 0.3) is 0 Å². The molecule has 0 saturated carbocycles. The molecule has 1 atom stereocenters. The van der Waals surface area contributed by atoms with Gasteiger partial charge in [-0.05, 0) is 16.5 Å². The quantitative estimate of drug-likeness (QED) is 0.843. The Bertz CT molecular complexity index is 376. The topological polar surface area (TPSA) is 49.3 Å². The molecule has 0 heterocycles. The Kier molecular flexibility index (Phi) is 4.29. The van der Waals surface area contributed by atoms with Crippen LogP contribution in [0.3, 0.4) is 0 Å². The predicted molar refractivity (Wildman–Crippen MR) is 68.8 cm³/mol. The minimum absolute atomic E-state index is 0.112. The molecule has 0 fully saturated rings. The Labute approximate surface area is 103 Å². The van der Waals surface area contributed by atoms with Crippen molar-refractivity contribution >= 4 is 5.91 Å². The number of nitrogens with one attached hydrogen (secondary N) is 1. The van der Waals surface area contributed by atoms with Gasteiger partial charge in [-0.3, -0.25) is 4.79 Å². The van der Waals surface area contributed by atoms with Crippen LogP contribution in [-0.4, -0.2) is 17.6 Å². The fourth-order valence-corrected chi connectivity index (χ4v) is 1.56. The maximum atomic E-state index is 10.7. The molecule has 0 saturated heterocycles. The van der Waals surface area contributed by atoms with Gasteiger partial charge in [0.1, 0.15) is 0 Å². The first-order valence-electron chi connectivity index (χ1n) is 5.83. The van der Waals surface area contributed by atoms with Gasteiger partial charge in [0.2, 0.25) is 5.91 Å². The van der Waals surface area contributed by atoms with Crippen LogP contribution >= 0.6 is 0 Å². The number of benzene rings is 1. The molecule has 1 rings (SSSR count). The maximum Gasteiger partial charge on any atom is 0.216 e. The Balaban J connectivity index is 2.70. The van der Waals surface area contributed by atoms with E-state index >= 15 is 0 Å². The molecule has 0 aliphatic carbocycles. The summed E-state index contributed by atoms with van der Waals surface area (Å²) in [5, 5.41) is 12.4. The van der Waals surface area contributed by atoms with E-state index in [1.807, 2.05) is 24.3 Å². The van der Waals surface area contributed by atoms with Crippen molar-refractivity contribution in [3.63, 3.8) is 0 Å². The molecule has 17 heavy (non-hydrogen) atoms. The Hall–Kier alpha value is -1.35. The van der Waals surface area contributed by atoms with Crippen molar-refractivity contribution in [2.24, 2.45) is 0 Å². The summed E-state index contributed by atoms with van der Waals surface area (Å²) in [5.41, 5.74) is 2.17. The minimum atomic E-state index is -0.645. The van der Waals surface area contributed by atoms with Crippen LogP contribution in [0.1, 0.15) is 44.9 Å². The van der Waals surface area contributed by atoms with Crippen LogP contribution in [0, 0.1) is 0 Å². The fourth-order valence-electron chi connectivity index (χ4n) is 1.56. The van der Waals surface area contributed by atoms with E-state index in [1.54, 1.807) is 0 Å². The van der Waals surface area contributed by atoms with E-state index in [9.17, 15) is 9.90 Å². The number of amides is 1. The number of hydrogen-bond acceptors (Lipinski definition) is 2. The van der Waals surface area contributed by atoms with Gasteiger partial charge in [-0.25, -0.2) is 0 Å². The lowest BCUT2D eigenvalue weighted by Gasteiger charge is -2.20. The van der Waals surface area contributed by atoms with E-state index in [4.69, 9.17) is 0 Å². The van der Waals surface area contributed by atoms with Crippen molar-refractivity contribution in [3.05, 3.63) is 35.4 Å². The third kappa shape index (κ3) is 4.19. The lowest BCUT2D eigenvalue weighted by Crippen LogP contribution is -2.25. The number of carbonyl (C=O) groups is 1. The second kappa shape index (κ2) is 5.32. The summed E-state index contributed by atoms with van der Waals surface area (Å²) in [6.45, 7) is 8.14. The fraction of sp³-hybridized carbons (Fsp3) is 0.500. The molecular weight excluding hydrogens is 214 g/mol. The summed E-state index contributed by atoms with van der Waals surface area (Å²) < 4.78 is 0. The van der Waals surface area contributed by atoms with Gasteiger partial charge in [-0.1, -0.05) is 45.0 Å². The van der Waals surface area contributed by atoms with Crippen LogP contribution in [0.2, 0.25) is 0 Å². The zero-order chi connectivity index (χ0) is 13.1. The molecule has 0 bridgehead atoms. The van der Waals surface area contributed by atoms with Gasteiger partial charge in [0.05, 0.1) is 6.10 Å². The lowest BCUT2D eigenvalue weighted by atomic mass is 9.86. The second-order valence-corrected chi connectivity index (χ2v) is 5.32. The predicted octanol–water partition coefficient (Wildman–Crippen LogP) is 2.15. The summed E-state index contributed by atoms with van der Waals surface area (Å²) >= 11 is 0. The molecule has 1 unspecified atom stereocenters. The van der Waals surface area contributed by atoms with Gasteiger partial charge in [-0.2, -0.15) is 0 Å². The standard InChI is InChI=1S/C14H21NO2/c1-10(16)15-9-13(17)11-5-7-12(8-6-11)14(2,3)4/h5-8,13,17H,9H2,1-4H3,(H,15,16). The highest BCUT2D eigenvalue weighted by atomic mass is 16.3. The molecule has 3 nitrogen and oxygen atoms in total. The van der Waals surface area contributed by atoms with Crippen molar-refractivity contribution in [1.29, 1.82) is 0 Å². The second-order valence-electron chi connectivity index (χ2n) is 5.32. The van der Waals surface area contributed by atoms with E-state index < -0.39 is 6.10 Å². The summed E-state index contributed by atoms with van der Waals surface area (Å²) in [6, 6.07) is 7.86. The zero-order valence-electron chi connectivity index (χ0n) is 10.9. The molecular formula is C14H21NO2. The summed E-state index contributed by atoms with van der Waals surface area (Å²) in [4.78, 5) is 10.7. The van der Waals surface area contributed by atoms with Crippen molar-refractivity contribution < 1.29 is 9.90 Å². The highest BCUT2D eigenvalue weighted by Crippen LogP contribution is 2.23. The van der Waals surface area contributed by atoms with E-state index in [2.05, 4.69) is 26.1 Å². The first kappa shape index (κ1) is 13.7. The molecule has 3 heteroatoms. The van der Waals surface area contributed by atoms with Crippen LogP contribution in [0.4, 0.5) is 0 Å². The van der Waals surface area contributed by atoms with Crippen molar-refractivity contribution in [2.45, 2.75) is 39.2 Å². The lowest BCUT2D eigenvalue weighted by molar-refractivity contribution is -0.119. The number of aliphatic hydroxyl groups excluding tert-OH is 1. The summed E-state index contributed by atoms with van der Waals surface area (Å²) in [7, 11) is 0. The van der Waals surface area contributed by atoms with Gasteiger partial charge in [0.25, 0.3) is 0 Å². The summed E-state index contributed by atoms with van der Waals surface area (Å²) in [6.07, 6.45) is -0.645. The minimum Gasteiger partial charge on any atom is -0.387 e. The third-order valence-electron chi connectivity index (χ3n) is 2.71. The molecule has 0 aliphatic rings. The van der Waals surface area contributed by atoms with Gasteiger partial charge in [0.15, 0.2) is 0 Å². The first-order chi connectivity index (χ1) is 7.80. The van der Waals surface area contributed by atoms with Crippen LogP contribution < -0.4 is 5.32 Å². The molecule has 2 N–H and O–H groups in total. The van der Waals surface area contributed by atoms with Crippen molar-refractivity contribution in [3.8, 4) is 0 Å². The molecule has 1 aromatic carbocycles. The van der Waals surface area contributed by atoms with Gasteiger partial charge < -0.3 is 10.4 Å². The van der Waals surface area contributed by atoms with Crippen LogP contribution in [-0.2, 0) is 10.2 Å². The number of carbonyl (C=O) groups excluding carboxylic acids is 1. The van der Waals surface area contributed by atoms with Gasteiger partial charge in [0, 0.05) is 13.5 Å². The number of aliphatic hydroxyl groups is 1. The highest BCUT2D eigenvalue weighted by Gasteiger charge is 2.14. The monoisotopic (exact) mass is 235 g/mol. The summed E-state index contributed by atoms with van der Waals surface area (Å²) in [5.74, 6) is -0.129. The zero-order valence-corrected chi connectivity index (χ0v) is 10.9.